The summed E-state index contributed by atoms with van der Waals surface area (Å²) in [6, 6.07) is 10.9. The Morgan fingerprint density at radius 3 is 2.31 bits per heavy atom. The zero-order chi connectivity index (χ0) is 18.4. The van der Waals surface area contributed by atoms with Crippen molar-refractivity contribution >= 4 is 17.3 Å². The maximum atomic E-state index is 13.1. The molecule has 0 aromatic heterocycles. The van der Waals surface area contributed by atoms with Crippen molar-refractivity contribution in [2.45, 2.75) is 25.7 Å². The highest BCUT2D eigenvalue weighted by atomic mass is 19.2. The SMILES string of the molecule is O=C(COc1ccc(F)c(F)c1)Nc1ccc(N2CCCCCC2)cc1. The first kappa shape index (κ1) is 18.2. The van der Waals surface area contributed by atoms with Gasteiger partial charge in [-0.1, -0.05) is 12.8 Å². The van der Waals surface area contributed by atoms with Gasteiger partial charge < -0.3 is 15.0 Å². The van der Waals surface area contributed by atoms with Gasteiger partial charge in [-0.3, -0.25) is 4.79 Å². The molecule has 3 rings (SSSR count). The molecular weight excluding hydrogens is 338 g/mol. The van der Waals surface area contributed by atoms with E-state index in [9.17, 15) is 13.6 Å². The predicted molar refractivity (Wildman–Crippen MR) is 97.6 cm³/mol. The van der Waals surface area contributed by atoms with Gasteiger partial charge in [0.1, 0.15) is 5.75 Å². The normalized spacial score (nSPS) is 14.6. The molecule has 0 aliphatic carbocycles. The molecule has 2 aromatic carbocycles. The maximum Gasteiger partial charge on any atom is 0.262 e. The maximum absolute atomic E-state index is 13.1. The third-order valence-electron chi connectivity index (χ3n) is 4.38. The number of ether oxygens (including phenoxy) is 1. The number of rotatable bonds is 5. The van der Waals surface area contributed by atoms with E-state index in [1.54, 1.807) is 0 Å². The quantitative estimate of drug-likeness (QED) is 0.861. The second kappa shape index (κ2) is 8.65. The van der Waals surface area contributed by atoms with Crippen LogP contribution in [0.25, 0.3) is 0 Å². The highest BCUT2D eigenvalue weighted by Crippen LogP contribution is 2.21. The monoisotopic (exact) mass is 360 g/mol. The molecule has 0 atom stereocenters. The van der Waals surface area contributed by atoms with Crippen LogP contribution < -0.4 is 15.0 Å². The lowest BCUT2D eigenvalue weighted by Crippen LogP contribution is -2.24. The lowest BCUT2D eigenvalue weighted by Gasteiger charge is -2.22. The minimum absolute atomic E-state index is 0.107. The Balaban J connectivity index is 1.51. The minimum atomic E-state index is -1.01. The van der Waals surface area contributed by atoms with Gasteiger partial charge in [-0.15, -0.1) is 0 Å². The molecule has 4 nitrogen and oxygen atoms in total. The number of benzene rings is 2. The molecule has 0 bridgehead atoms. The zero-order valence-corrected chi connectivity index (χ0v) is 14.5. The topological polar surface area (TPSA) is 41.6 Å². The number of amides is 1. The van der Waals surface area contributed by atoms with E-state index in [2.05, 4.69) is 10.2 Å². The molecular formula is C20H22F2N2O2. The van der Waals surface area contributed by atoms with Crippen LogP contribution in [0, 0.1) is 11.6 Å². The summed E-state index contributed by atoms with van der Waals surface area (Å²) in [6.45, 7) is 1.85. The van der Waals surface area contributed by atoms with Crippen LogP contribution >= 0.6 is 0 Å². The summed E-state index contributed by atoms with van der Waals surface area (Å²) in [4.78, 5) is 14.3. The molecule has 0 unspecified atom stereocenters. The van der Waals surface area contributed by atoms with E-state index in [4.69, 9.17) is 4.74 Å². The van der Waals surface area contributed by atoms with Gasteiger partial charge in [-0.2, -0.15) is 0 Å². The van der Waals surface area contributed by atoms with Crippen LogP contribution in [0.5, 0.6) is 5.75 Å². The first-order chi connectivity index (χ1) is 12.6. The molecule has 2 aromatic rings. The van der Waals surface area contributed by atoms with Crippen molar-refractivity contribution in [3.8, 4) is 5.75 Å². The second-order valence-corrected chi connectivity index (χ2v) is 6.36. The highest BCUT2D eigenvalue weighted by molar-refractivity contribution is 5.92. The van der Waals surface area contributed by atoms with E-state index in [-0.39, 0.29) is 18.3 Å². The molecule has 0 spiro atoms. The second-order valence-electron chi connectivity index (χ2n) is 6.36. The number of halogens is 2. The number of anilines is 2. The smallest absolute Gasteiger partial charge is 0.262 e. The molecule has 138 valence electrons. The Kier molecular flexibility index (Phi) is 6.04. The fraction of sp³-hybridized carbons (Fsp3) is 0.350. The highest BCUT2D eigenvalue weighted by Gasteiger charge is 2.10. The molecule has 0 saturated carbocycles. The summed E-state index contributed by atoms with van der Waals surface area (Å²) in [5, 5.41) is 2.73. The molecule has 1 saturated heterocycles. The van der Waals surface area contributed by atoms with E-state index >= 15 is 0 Å². The standard InChI is InChI=1S/C20H22F2N2O2/c21-18-10-9-17(13-19(18)22)26-14-20(25)23-15-5-7-16(8-6-15)24-11-3-1-2-4-12-24/h5-10,13H,1-4,11-12,14H2,(H,23,25). The van der Waals surface area contributed by atoms with E-state index in [0.717, 1.165) is 30.9 Å². The number of carbonyl (C=O) groups excluding carboxylic acids is 1. The summed E-state index contributed by atoms with van der Waals surface area (Å²) in [5.41, 5.74) is 1.82. The van der Waals surface area contributed by atoms with Crippen molar-refractivity contribution in [2.75, 3.05) is 29.9 Å². The lowest BCUT2D eigenvalue weighted by molar-refractivity contribution is -0.118. The Morgan fingerprint density at radius 2 is 1.65 bits per heavy atom. The van der Waals surface area contributed by atoms with Crippen LogP contribution in [0.15, 0.2) is 42.5 Å². The molecule has 26 heavy (non-hydrogen) atoms. The van der Waals surface area contributed by atoms with Crippen LogP contribution in [0.4, 0.5) is 20.2 Å². The Hall–Kier alpha value is -2.63. The van der Waals surface area contributed by atoms with E-state index < -0.39 is 11.6 Å². The van der Waals surface area contributed by atoms with Gasteiger partial charge in [0.2, 0.25) is 0 Å². The average Bonchev–Trinajstić information content (AvgIpc) is 2.93. The van der Waals surface area contributed by atoms with Gasteiger partial charge in [-0.05, 0) is 49.2 Å². The summed E-state index contributed by atoms with van der Waals surface area (Å²) >= 11 is 0. The zero-order valence-electron chi connectivity index (χ0n) is 14.5. The largest absolute Gasteiger partial charge is 0.484 e. The van der Waals surface area contributed by atoms with E-state index in [1.165, 1.54) is 31.7 Å². The predicted octanol–water partition coefficient (Wildman–Crippen LogP) is 4.36. The molecule has 1 heterocycles. The van der Waals surface area contributed by atoms with E-state index in [1.807, 2.05) is 24.3 Å². The number of carbonyl (C=O) groups is 1. The number of hydrogen-bond acceptors (Lipinski definition) is 3. The number of hydrogen-bond donors (Lipinski definition) is 1. The summed E-state index contributed by atoms with van der Waals surface area (Å²) < 4.78 is 31.2. The van der Waals surface area contributed by atoms with Gasteiger partial charge in [0, 0.05) is 30.5 Å². The first-order valence-electron chi connectivity index (χ1n) is 8.84. The van der Waals surface area contributed by atoms with Crippen LogP contribution in [0.3, 0.4) is 0 Å². The number of nitrogens with zero attached hydrogens (tertiary/aromatic N) is 1. The average molecular weight is 360 g/mol. The summed E-state index contributed by atoms with van der Waals surface area (Å²) in [7, 11) is 0. The van der Waals surface area contributed by atoms with Crippen molar-refractivity contribution in [1.29, 1.82) is 0 Å². The Labute approximate surface area is 151 Å². The molecule has 1 amide bonds. The molecule has 1 fully saturated rings. The molecule has 1 N–H and O–H groups in total. The minimum Gasteiger partial charge on any atom is -0.484 e. The van der Waals surface area contributed by atoms with Crippen LogP contribution in [-0.4, -0.2) is 25.6 Å². The fourth-order valence-corrected chi connectivity index (χ4v) is 3.00. The van der Waals surface area contributed by atoms with Crippen molar-refractivity contribution in [3.05, 3.63) is 54.1 Å². The van der Waals surface area contributed by atoms with Crippen molar-refractivity contribution in [1.82, 2.24) is 0 Å². The van der Waals surface area contributed by atoms with Gasteiger partial charge in [0.05, 0.1) is 0 Å². The van der Waals surface area contributed by atoms with Crippen LogP contribution in [0.2, 0.25) is 0 Å². The van der Waals surface area contributed by atoms with Crippen LogP contribution in [-0.2, 0) is 4.79 Å². The van der Waals surface area contributed by atoms with E-state index in [0.29, 0.717) is 5.69 Å². The van der Waals surface area contributed by atoms with Gasteiger partial charge >= 0.3 is 0 Å². The summed E-state index contributed by atoms with van der Waals surface area (Å²) in [6.07, 6.45) is 4.98. The van der Waals surface area contributed by atoms with Gasteiger partial charge in [0.25, 0.3) is 5.91 Å². The third kappa shape index (κ3) is 4.94. The Bertz CT molecular complexity index is 742. The van der Waals surface area contributed by atoms with Crippen LogP contribution in [0.1, 0.15) is 25.7 Å². The summed E-state index contributed by atoms with van der Waals surface area (Å²) in [5.74, 6) is -2.22. The van der Waals surface area contributed by atoms with Crippen molar-refractivity contribution in [3.63, 3.8) is 0 Å². The van der Waals surface area contributed by atoms with Crippen molar-refractivity contribution < 1.29 is 18.3 Å². The first-order valence-corrected chi connectivity index (χ1v) is 8.84. The molecule has 0 radical (unpaired) electrons. The van der Waals surface area contributed by atoms with Gasteiger partial charge in [-0.25, -0.2) is 8.78 Å². The number of nitrogens with one attached hydrogen (secondary N) is 1. The fourth-order valence-electron chi connectivity index (χ4n) is 3.00. The molecule has 6 heteroatoms. The van der Waals surface area contributed by atoms with Crippen molar-refractivity contribution in [2.24, 2.45) is 0 Å². The molecule has 1 aliphatic rings. The van der Waals surface area contributed by atoms with Gasteiger partial charge in [0.15, 0.2) is 18.2 Å². The third-order valence-corrected chi connectivity index (χ3v) is 4.38. The Morgan fingerprint density at radius 1 is 0.962 bits per heavy atom. The lowest BCUT2D eigenvalue weighted by atomic mass is 10.2. The molecule has 1 aliphatic heterocycles.